The summed E-state index contributed by atoms with van der Waals surface area (Å²) in [6, 6.07) is 5.70. The summed E-state index contributed by atoms with van der Waals surface area (Å²) >= 11 is 9.32. The van der Waals surface area contributed by atoms with E-state index in [1.807, 2.05) is 6.07 Å². The van der Waals surface area contributed by atoms with Crippen LogP contribution in [0.1, 0.15) is 20.3 Å². The van der Waals surface area contributed by atoms with Gasteiger partial charge in [-0.1, -0.05) is 11.6 Å². The van der Waals surface area contributed by atoms with Gasteiger partial charge >= 0.3 is 5.97 Å². The Balaban J connectivity index is 2.22. The Morgan fingerprint density at radius 2 is 2.25 bits per heavy atom. The normalized spacial score (nSPS) is 23.2. The van der Waals surface area contributed by atoms with E-state index in [1.165, 1.54) is 0 Å². The van der Waals surface area contributed by atoms with Gasteiger partial charge in [-0.25, -0.2) is 4.79 Å². The summed E-state index contributed by atoms with van der Waals surface area (Å²) < 4.78 is 0.753. The topological polar surface area (TPSA) is 52.6 Å². The van der Waals surface area contributed by atoms with E-state index in [0.29, 0.717) is 24.0 Å². The number of benzene rings is 1. The first kappa shape index (κ1) is 15.6. The van der Waals surface area contributed by atoms with Crippen LogP contribution >= 0.6 is 27.5 Å². The Hall–Kier alpha value is -0.780. The highest BCUT2D eigenvalue weighted by atomic mass is 79.9. The summed E-state index contributed by atoms with van der Waals surface area (Å²) in [7, 11) is 0. The number of hydrogen-bond donors (Lipinski definition) is 2. The third-order valence-corrected chi connectivity index (χ3v) is 4.96. The summed E-state index contributed by atoms with van der Waals surface area (Å²) in [6.45, 7) is 5.44. The number of rotatable bonds is 4. The van der Waals surface area contributed by atoms with Crippen LogP contribution in [0.2, 0.25) is 5.02 Å². The van der Waals surface area contributed by atoms with Gasteiger partial charge in [0.25, 0.3) is 0 Å². The molecule has 0 aliphatic carbocycles. The van der Waals surface area contributed by atoms with Gasteiger partial charge in [-0.05, 0) is 54.4 Å². The van der Waals surface area contributed by atoms with Crippen molar-refractivity contribution in [3.63, 3.8) is 0 Å². The van der Waals surface area contributed by atoms with Gasteiger partial charge < -0.3 is 10.4 Å². The molecule has 1 atom stereocenters. The minimum atomic E-state index is -0.933. The molecule has 0 bridgehead atoms. The second-order valence-corrected chi connectivity index (χ2v) is 6.72. The molecule has 1 fully saturated rings. The van der Waals surface area contributed by atoms with E-state index in [4.69, 9.17) is 11.6 Å². The number of nitrogens with zero attached hydrogens (tertiary/aromatic N) is 1. The van der Waals surface area contributed by atoms with Crippen molar-refractivity contribution in [2.45, 2.75) is 31.8 Å². The molecular formula is C14H18BrClN2O2. The van der Waals surface area contributed by atoms with E-state index in [0.717, 1.165) is 16.7 Å². The Labute approximate surface area is 132 Å². The number of aliphatic carboxylic acids is 1. The molecule has 4 nitrogen and oxygen atoms in total. The Kier molecular flexibility index (Phi) is 4.62. The van der Waals surface area contributed by atoms with Crippen molar-refractivity contribution in [1.82, 2.24) is 4.90 Å². The SMILES string of the molecule is CC(C)N1CCC(Nc2ccc(Cl)c(Br)c2)(C(=O)O)C1. The fraction of sp³-hybridized carbons (Fsp3) is 0.500. The fourth-order valence-corrected chi connectivity index (χ4v) is 2.96. The summed E-state index contributed by atoms with van der Waals surface area (Å²) in [5.74, 6) is -0.813. The predicted octanol–water partition coefficient (Wildman–Crippen LogP) is 3.45. The Bertz CT molecular complexity index is 524. The first-order valence-electron chi connectivity index (χ1n) is 6.55. The van der Waals surface area contributed by atoms with Crippen molar-refractivity contribution in [3.8, 4) is 0 Å². The molecule has 0 radical (unpaired) electrons. The van der Waals surface area contributed by atoms with E-state index in [-0.39, 0.29) is 0 Å². The van der Waals surface area contributed by atoms with E-state index < -0.39 is 11.5 Å². The fourth-order valence-electron chi connectivity index (χ4n) is 2.46. The van der Waals surface area contributed by atoms with Crippen LogP contribution in [-0.4, -0.2) is 40.6 Å². The quantitative estimate of drug-likeness (QED) is 0.862. The van der Waals surface area contributed by atoms with E-state index in [1.54, 1.807) is 12.1 Å². The average molecular weight is 362 g/mol. The second-order valence-electron chi connectivity index (χ2n) is 5.46. The highest BCUT2D eigenvalue weighted by Gasteiger charge is 2.45. The second kappa shape index (κ2) is 5.92. The molecule has 1 heterocycles. The zero-order chi connectivity index (χ0) is 14.9. The highest BCUT2D eigenvalue weighted by Crippen LogP contribution is 2.31. The smallest absolute Gasteiger partial charge is 0.330 e. The molecule has 1 saturated heterocycles. The molecule has 2 rings (SSSR count). The van der Waals surface area contributed by atoms with E-state index in [2.05, 4.69) is 40.0 Å². The number of carboxylic acids is 1. The first-order valence-corrected chi connectivity index (χ1v) is 7.72. The van der Waals surface area contributed by atoms with E-state index in [9.17, 15) is 9.90 Å². The average Bonchev–Trinajstić information content (AvgIpc) is 2.80. The van der Waals surface area contributed by atoms with Crippen LogP contribution in [0.5, 0.6) is 0 Å². The van der Waals surface area contributed by atoms with Gasteiger partial charge in [-0.2, -0.15) is 0 Å². The van der Waals surface area contributed by atoms with Crippen LogP contribution in [0.25, 0.3) is 0 Å². The molecule has 1 aliphatic heterocycles. The minimum Gasteiger partial charge on any atom is -0.479 e. The molecule has 0 amide bonds. The van der Waals surface area contributed by atoms with Crippen LogP contribution in [0.3, 0.4) is 0 Å². The lowest BCUT2D eigenvalue weighted by Gasteiger charge is -2.28. The number of carbonyl (C=O) groups is 1. The number of nitrogens with one attached hydrogen (secondary N) is 1. The summed E-state index contributed by atoms with van der Waals surface area (Å²) in [5, 5.41) is 13.4. The molecule has 20 heavy (non-hydrogen) atoms. The van der Waals surface area contributed by atoms with Crippen LogP contribution in [0.15, 0.2) is 22.7 Å². The van der Waals surface area contributed by atoms with Gasteiger partial charge in [-0.3, -0.25) is 4.90 Å². The van der Waals surface area contributed by atoms with E-state index >= 15 is 0 Å². The lowest BCUT2D eigenvalue weighted by molar-refractivity contribution is -0.141. The third-order valence-electron chi connectivity index (χ3n) is 3.74. The monoisotopic (exact) mass is 360 g/mol. The first-order chi connectivity index (χ1) is 9.34. The van der Waals surface area contributed by atoms with Crippen molar-refractivity contribution in [1.29, 1.82) is 0 Å². The Morgan fingerprint density at radius 3 is 2.75 bits per heavy atom. The van der Waals surface area contributed by atoms with Crippen molar-refractivity contribution in [2.24, 2.45) is 0 Å². The maximum absolute atomic E-state index is 11.7. The van der Waals surface area contributed by atoms with Crippen LogP contribution < -0.4 is 5.32 Å². The van der Waals surface area contributed by atoms with Crippen molar-refractivity contribution in [3.05, 3.63) is 27.7 Å². The molecule has 1 aliphatic rings. The highest BCUT2D eigenvalue weighted by molar-refractivity contribution is 9.10. The summed E-state index contributed by atoms with van der Waals surface area (Å²) in [6.07, 6.45) is 0.584. The molecule has 0 aromatic heterocycles. The number of halogens is 2. The molecule has 6 heteroatoms. The molecule has 2 N–H and O–H groups in total. The van der Waals surface area contributed by atoms with Gasteiger partial charge in [0, 0.05) is 29.3 Å². The largest absolute Gasteiger partial charge is 0.479 e. The van der Waals surface area contributed by atoms with Gasteiger partial charge in [0.1, 0.15) is 5.54 Å². The molecular weight excluding hydrogens is 344 g/mol. The third kappa shape index (κ3) is 3.10. The van der Waals surface area contributed by atoms with Gasteiger partial charge in [0.2, 0.25) is 0 Å². The molecule has 0 saturated carbocycles. The molecule has 110 valence electrons. The lowest BCUT2D eigenvalue weighted by Crippen LogP contribution is -2.49. The van der Waals surface area contributed by atoms with Crippen molar-refractivity contribution < 1.29 is 9.90 Å². The number of carboxylic acid groups (broad SMARTS) is 1. The number of hydrogen-bond acceptors (Lipinski definition) is 3. The Morgan fingerprint density at radius 1 is 1.55 bits per heavy atom. The number of likely N-dealkylation sites (tertiary alicyclic amines) is 1. The number of anilines is 1. The molecule has 1 aromatic rings. The zero-order valence-electron chi connectivity index (χ0n) is 11.5. The van der Waals surface area contributed by atoms with Crippen molar-refractivity contribution in [2.75, 3.05) is 18.4 Å². The van der Waals surface area contributed by atoms with Gasteiger partial charge in [0.15, 0.2) is 0 Å². The molecule has 1 aromatic carbocycles. The van der Waals surface area contributed by atoms with Crippen molar-refractivity contribution >= 4 is 39.2 Å². The maximum atomic E-state index is 11.7. The van der Waals surface area contributed by atoms with Gasteiger partial charge in [-0.15, -0.1) is 0 Å². The summed E-state index contributed by atoms with van der Waals surface area (Å²) in [4.78, 5) is 13.9. The molecule has 1 unspecified atom stereocenters. The van der Waals surface area contributed by atoms with Crippen LogP contribution in [0.4, 0.5) is 5.69 Å². The standard InChI is InChI=1S/C14H18BrClN2O2/c1-9(2)18-6-5-14(8-18,13(19)20)17-10-3-4-12(16)11(15)7-10/h3-4,7,9,17H,5-6,8H2,1-2H3,(H,19,20). The van der Waals surface area contributed by atoms with Gasteiger partial charge in [0.05, 0.1) is 5.02 Å². The lowest BCUT2D eigenvalue weighted by atomic mass is 9.98. The minimum absolute atomic E-state index is 0.343. The molecule has 0 spiro atoms. The summed E-state index contributed by atoms with van der Waals surface area (Å²) in [5.41, 5.74) is -0.174. The van der Waals surface area contributed by atoms with Crippen LogP contribution in [-0.2, 0) is 4.79 Å². The van der Waals surface area contributed by atoms with Crippen LogP contribution in [0, 0.1) is 0 Å². The maximum Gasteiger partial charge on any atom is 0.330 e. The predicted molar refractivity (Wildman–Crippen MR) is 84.5 cm³/mol. The zero-order valence-corrected chi connectivity index (χ0v) is 13.8.